The zero-order valence-electron chi connectivity index (χ0n) is 9.91. The first kappa shape index (κ1) is 14.4. The van der Waals surface area contributed by atoms with E-state index in [0.29, 0.717) is 10.6 Å². The summed E-state index contributed by atoms with van der Waals surface area (Å²) >= 11 is 5.69. The maximum absolute atomic E-state index is 14.4. The zero-order valence-corrected chi connectivity index (χ0v) is 10.7. The second-order valence-corrected chi connectivity index (χ2v) is 4.02. The molecule has 0 radical (unpaired) electrons. The molecular formula is C12H12ClFO4. The lowest BCUT2D eigenvalue weighted by Gasteiger charge is -2.19. The fraction of sp³-hybridized carbons (Fsp3) is 0.333. The average molecular weight is 275 g/mol. The molecule has 0 saturated carbocycles. The van der Waals surface area contributed by atoms with Crippen LogP contribution < -0.4 is 0 Å². The first-order valence-corrected chi connectivity index (χ1v) is 5.42. The van der Waals surface area contributed by atoms with Gasteiger partial charge in [-0.2, -0.15) is 0 Å². The van der Waals surface area contributed by atoms with E-state index in [-0.39, 0.29) is 0 Å². The number of hydrogen-bond acceptors (Lipinski definition) is 4. The minimum atomic E-state index is -2.85. The fourth-order valence-corrected chi connectivity index (χ4v) is 1.56. The summed E-state index contributed by atoms with van der Waals surface area (Å²) in [4.78, 5) is 22.8. The van der Waals surface area contributed by atoms with E-state index in [4.69, 9.17) is 11.6 Å². The summed E-state index contributed by atoms with van der Waals surface area (Å²) in [5.41, 5.74) is -2.42. The molecule has 4 nitrogen and oxygen atoms in total. The van der Waals surface area contributed by atoms with E-state index in [2.05, 4.69) is 9.47 Å². The summed E-state index contributed by atoms with van der Waals surface area (Å²) in [7, 11) is 2.00. The Morgan fingerprint density at radius 3 is 2.00 bits per heavy atom. The van der Waals surface area contributed by atoms with Crippen LogP contribution in [0.1, 0.15) is 5.56 Å². The summed E-state index contributed by atoms with van der Waals surface area (Å²) in [5.74, 6) is -2.58. The van der Waals surface area contributed by atoms with Gasteiger partial charge < -0.3 is 9.47 Å². The van der Waals surface area contributed by atoms with Gasteiger partial charge >= 0.3 is 17.6 Å². The van der Waals surface area contributed by atoms with E-state index >= 15 is 0 Å². The van der Waals surface area contributed by atoms with Crippen LogP contribution in [0.3, 0.4) is 0 Å². The smallest absolute Gasteiger partial charge is 0.355 e. The third kappa shape index (κ3) is 2.98. The third-order valence-corrected chi connectivity index (χ3v) is 2.63. The predicted octanol–water partition coefficient (Wildman–Crippen LogP) is 1.94. The van der Waals surface area contributed by atoms with Gasteiger partial charge in [-0.05, 0) is 17.7 Å². The quantitative estimate of drug-likeness (QED) is 0.622. The molecule has 0 aromatic heterocycles. The van der Waals surface area contributed by atoms with Crippen LogP contribution in [0.2, 0.25) is 5.02 Å². The number of halogens is 2. The van der Waals surface area contributed by atoms with Gasteiger partial charge in [0.1, 0.15) is 0 Å². The highest BCUT2D eigenvalue weighted by molar-refractivity contribution is 6.30. The highest BCUT2D eigenvalue weighted by Crippen LogP contribution is 2.23. The Balaban J connectivity index is 3.02. The number of methoxy groups -OCH3 is 2. The second kappa shape index (κ2) is 5.82. The number of rotatable bonds is 4. The van der Waals surface area contributed by atoms with Crippen molar-refractivity contribution in [1.82, 2.24) is 0 Å². The van der Waals surface area contributed by atoms with Crippen LogP contribution in [-0.4, -0.2) is 31.8 Å². The molecule has 1 rings (SSSR count). The monoisotopic (exact) mass is 274 g/mol. The molecule has 0 unspecified atom stereocenters. The highest BCUT2D eigenvalue weighted by Gasteiger charge is 2.49. The first-order valence-electron chi connectivity index (χ1n) is 5.04. The maximum Gasteiger partial charge on any atom is 0.355 e. The fourth-order valence-electron chi connectivity index (χ4n) is 1.43. The Morgan fingerprint density at radius 1 is 1.17 bits per heavy atom. The van der Waals surface area contributed by atoms with Gasteiger partial charge in [0, 0.05) is 11.4 Å². The Hall–Kier alpha value is -1.62. The summed E-state index contributed by atoms with van der Waals surface area (Å²) in [5, 5.41) is 0.472. The molecule has 18 heavy (non-hydrogen) atoms. The van der Waals surface area contributed by atoms with Crippen molar-refractivity contribution < 1.29 is 23.5 Å². The van der Waals surface area contributed by atoms with Crippen LogP contribution in [0.15, 0.2) is 24.3 Å². The molecule has 0 fully saturated rings. The average Bonchev–Trinajstić information content (AvgIpc) is 2.39. The van der Waals surface area contributed by atoms with Gasteiger partial charge in [-0.3, -0.25) is 0 Å². The van der Waals surface area contributed by atoms with Crippen molar-refractivity contribution in [3.05, 3.63) is 34.9 Å². The molecule has 0 spiro atoms. The number of ether oxygens (including phenoxy) is 2. The van der Waals surface area contributed by atoms with Gasteiger partial charge in [-0.15, -0.1) is 0 Å². The summed E-state index contributed by atoms with van der Waals surface area (Å²) in [6, 6.07) is 6.10. The van der Waals surface area contributed by atoms with Gasteiger partial charge in [0.05, 0.1) is 14.2 Å². The summed E-state index contributed by atoms with van der Waals surface area (Å²) in [6.45, 7) is 0. The maximum atomic E-state index is 14.4. The minimum absolute atomic E-state index is 0.428. The molecule has 0 heterocycles. The van der Waals surface area contributed by atoms with Gasteiger partial charge in [0.2, 0.25) is 0 Å². The Morgan fingerprint density at radius 2 is 1.61 bits per heavy atom. The third-order valence-electron chi connectivity index (χ3n) is 2.38. The van der Waals surface area contributed by atoms with Crippen molar-refractivity contribution in [1.29, 1.82) is 0 Å². The Kier molecular flexibility index (Phi) is 4.67. The topological polar surface area (TPSA) is 52.6 Å². The van der Waals surface area contributed by atoms with Gasteiger partial charge in [-0.25, -0.2) is 14.0 Å². The molecule has 1 aromatic rings. The normalized spacial score (nSPS) is 10.9. The number of carbonyl (C=O) groups is 2. The molecule has 1 aromatic carbocycles. The van der Waals surface area contributed by atoms with E-state index in [0.717, 1.165) is 14.2 Å². The molecular weight excluding hydrogens is 263 g/mol. The number of carbonyl (C=O) groups excluding carboxylic acids is 2. The highest BCUT2D eigenvalue weighted by atomic mass is 35.5. The standard InChI is InChI=1S/C12H12ClFO4/c1-17-10(15)12(14,11(16)18-2)7-8-3-5-9(13)6-4-8/h3-6H,7H2,1-2H3. The van der Waals surface area contributed by atoms with Crippen LogP contribution >= 0.6 is 11.6 Å². The summed E-state index contributed by atoms with van der Waals surface area (Å²) in [6.07, 6.45) is -0.469. The minimum Gasteiger partial charge on any atom is -0.466 e. The lowest BCUT2D eigenvalue weighted by Crippen LogP contribution is -2.46. The van der Waals surface area contributed by atoms with E-state index in [1.165, 1.54) is 24.3 Å². The van der Waals surface area contributed by atoms with Crippen LogP contribution in [0.5, 0.6) is 0 Å². The largest absolute Gasteiger partial charge is 0.466 e. The van der Waals surface area contributed by atoms with Crippen molar-refractivity contribution >= 4 is 23.5 Å². The molecule has 98 valence electrons. The second-order valence-electron chi connectivity index (χ2n) is 3.59. The van der Waals surface area contributed by atoms with Gasteiger partial charge in [0.25, 0.3) is 0 Å². The van der Waals surface area contributed by atoms with Crippen molar-refractivity contribution in [2.45, 2.75) is 12.1 Å². The van der Waals surface area contributed by atoms with Crippen molar-refractivity contribution in [3.8, 4) is 0 Å². The van der Waals surface area contributed by atoms with Gasteiger partial charge in [-0.1, -0.05) is 23.7 Å². The molecule has 0 N–H and O–H groups in total. The van der Waals surface area contributed by atoms with Crippen LogP contribution in [0.4, 0.5) is 4.39 Å². The Labute approximate surface area is 109 Å². The van der Waals surface area contributed by atoms with Crippen molar-refractivity contribution in [2.24, 2.45) is 0 Å². The number of hydrogen-bond donors (Lipinski definition) is 0. The van der Waals surface area contributed by atoms with E-state index in [1.54, 1.807) is 0 Å². The molecule has 0 aliphatic carbocycles. The lowest BCUT2D eigenvalue weighted by atomic mass is 9.96. The van der Waals surface area contributed by atoms with Gasteiger partial charge in [0.15, 0.2) is 0 Å². The molecule has 0 atom stereocenters. The molecule has 0 aliphatic heterocycles. The van der Waals surface area contributed by atoms with Crippen LogP contribution in [0, 0.1) is 0 Å². The predicted molar refractivity (Wildman–Crippen MR) is 63.0 cm³/mol. The van der Waals surface area contributed by atoms with Crippen molar-refractivity contribution in [2.75, 3.05) is 14.2 Å². The lowest BCUT2D eigenvalue weighted by molar-refractivity contribution is -0.171. The summed E-state index contributed by atoms with van der Waals surface area (Å²) < 4.78 is 23.0. The van der Waals surface area contributed by atoms with E-state index < -0.39 is 24.0 Å². The number of alkyl halides is 1. The zero-order chi connectivity index (χ0) is 13.8. The van der Waals surface area contributed by atoms with Crippen molar-refractivity contribution in [3.63, 3.8) is 0 Å². The van der Waals surface area contributed by atoms with E-state index in [9.17, 15) is 14.0 Å². The molecule has 0 saturated heterocycles. The van der Waals surface area contributed by atoms with Crippen LogP contribution in [0.25, 0.3) is 0 Å². The molecule has 0 aliphatic rings. The van der Waals surface area contributed by atoms with E-state index in [1.807, 2.05) is 0 Å². The van der Waals surface area contributed by atoms with Crippen LogP contribution in [-0.2, 0) is 25.5 Å². The number of esters is 2. The molecule has 0 amide bonds. The molecule has 0 bridgehead atoms. The molecule has 6 heteroatoms. The SMILES string of the molecule is COC(=O)C(F)(Cc1ccc(Cl)cc1)C(=O)OC. The number of benzene rings is 1. The Bertz CT molecular complexity index is 428. The first-order chi connectivity index (χ1) is 8.43.